The van der Waals surface area contributed by atoms with E-state index >= 15 is 0 Å². The van der Waals surface area contributed by atoms with Gasteiger partial charge in [-0.2, -0.15) is 0 Å². The number of hydrogen-bond acceptors (Lipinski definition) is 2. The maximum atomic E-state index is 11.2. The summed E-state index contributed by atoms with van der Waals surface area (Å²) >= 11 is 0. The van der Waals surface area contributed by atoms with Crippen molar-refractivity contribution in [2.75, 3.05) is 0 Å². The molecule has 0 radical (unpaired) electrons. The van der Waals surface area contributed by atoms with Gasteiger partial charge in [0.15, 0.2) is 0 Å². The molecule has 0 aliphatic heterocycles. The number of hydrogen-bond donors (Lipinski definition) is 2. The SMILES string of the molecule is CC(C)(O)[C@H]1[C@@H](O)C[C@]2(C)[C@H]3CC[C@@H]4[C@@]5(C)CCCC(C)(C)[C@@H]5CC[C@@]4(C)[C@]3(C)CC[C@@H]12. The zero-order valence-corrected chi connectivity index (χ0v) is 22.4. The molecule has 2 nitrogen and oxygen atoms in total. The van der Waals surface area contributed by atoms with Gasteiger partial charge in [-0.15, -0.1) is 0 Å². The van der Waals surface area contributed by atoms with Gasteiger partial charge in [0.1, 0.15) is 0 Å². The minimum absolute atomic E-state index is 0.0231. The molecule has 0 unspecified atom stereocenters. The molecule has 0 amide bonds. The Labute approximate surface area is 198 Å². The van der Waals surface area contributed by atoms with Gasteiger partial charge in [-0.1, -0.05) is 48.0 Å². The van der Waals surface area contributed by atoms with E-state index in [0.29, 0.717) is 33.5 Å². The van der Waals surface area contributed by atoms with Gasteiger partial charge in [-0.25, -0.2) is 0 Å². The van der Waals surface area contributed by atoms with Crippen molar-refractivity contribution in [3.05, 3.63) is 0 Å². The van der Waals surface area contributed by atoms with Crippen LogP contribution in [0.4, 0.5) is 0 Å². The molecule has 184 valence electrons. The maximum Gasteiger partial charge on any atom is 0.0647 e. The third-order valence-corrected chi connectivity index (χ3v) is 13.5. The van der Waals surface area contributed by atoms with Gasteiger partial charge in [-0.3, -0.25) is 0 Å². The summed E-state index contributed by atoms with van der Waals surface area (Å²) in [6, 6.07) is 0. The molecule has 0 bridgehead atoms. The Morgan fingerprint density at radius 1 is 0.688 bits per heavy atom. The fourth-order valence-electron chi connectivity index (χ4n) is 12.3. The minimum Gasteiger partial charge on any atom is -0.393 e. The van der Waals surface area contributed by atoms with Gasteiger partial charge >= 0.3 is 0 Å². The average molecular weight is 445 g/mol. The van der Waals surface area contributed by atoms with E-state index in [4.69, 9.17) is 0 Å². The van der Waals surface area contributed by atoms with Gasteiger partial charge in [0.25, 0.3) is 0 Å². The number of aliphatic hydroxyl groups is 2. The molecule has 5 fully saturated rings. The van der Waals surface area contributed by atoms with Gasteiger partial charge < -0.3 is 10.2 Å². The van der Waals surface area contributed by atoms with Crippen LogP contribution < -0.4 is 0 Å². The first kappa shape index (κ1) is 23.7. The molecule has 5 aliphatic carbocycles. The average Bonchev–Trinajstić information content (AvgIpc) is 2.91. The number of aliphatic hydroxyl groups excluding tert-OH is 1. The lowest BCUT2D eigenvalue weighted by molar-refractivity contribution is -0.243. The topological polar surface area (TPSA) is 40.5 Å². The molecule has 0 aromatic carbocycles. The largest absolute Gasteiger partial charge is 0.393 e. The Bertz CT molecular complexity index is 765. The van der Waals surface area contributed by atoms with E-state index in [1.807, 2.05) is 13.8 Å². The summed E-state index contributed by atoms with van der Waals surface area (Å²) in [5, 5.41) is 22.2. The molecular formula is C30H52O2. The van der Waals surface area contributed by atoms with Crippen molar-refractivity contribution in [1.29, 1.82) is 0 Å². The van der Waals surface area contributed by atoms with Crippen LogP contribution in [-0.4, -0.2) is 21.9 Å². The molecule has 0 spiro atoms. The van der Waals surface area contributed by atoms with Crippen LogP contribution in [0.5, 0.6) is 0 Å². The molecule has 5 saturated carbocycles. The summed E-state index contributed by atoms with van der Waals surface area (Å²) < 4.78 is 0. The van der Waals surface area contributed by atoms with E-state index in [1.165, 1.54) is 57.8 Å². The summed E-state index contributed by atoms with van der Waals surface area (Å²) in [6.45, 7) is 19.6. The minimum atomic E-state index is -0.796. The molecule has 10 atom stereocenters. The third kappa shape index (κ3) is 2.78. The predicted octanol–water partition coefficient (Wildman–Crippen LogP) is 7.22. The molecular weight excluding hydrogens is 392 g/mol. The predicted molar refractivity (Wildman–Crippen MR) is 132 cm³/mol. The van der Waals surface area contributed by atoms with Crippen LogP contribution >= 0.6 is 0 Å². The van der Waals surface area contributed by atoms with Crippen molar-refractivity contribution in [3.63, 3.8) is 0 Å². The molecule has 0 aromatic rings. The highest BCUT2D eigenvalue weighted by Gasteiger charge is 2.71. The van der Waals surface area contributed by atoms with Gasteiger partial charge in [0, 0.05) is 5.92 Å². The second-order valence-electron chi connectivity index (χ2n) is 15.6. The first-order valence-corrected chi connectivity index (χ1v) is 14.0. The van der Waals surface area contributed by atoms with Crippen molar-refractivity contribution in [1.82, 2.24) is 0 Å². The second kappa shape index (κ2) is 6.77. The molecule has 0 saturated heterocycles. The molecule has 2 heteroatoms. The Morgan fingerprint density at radius 2 is 1.25 bits per heavy atom. The van der Waals surface area contributed by atoms with Crippen LogP contribution in [0.2, 0.25) is 0 Å². The Morgan fingerprint density at radius 3 is 1.84 bits per heavy atom. The zero-order chi connectivity index (χ0) is 23.5. The van der Waals surface area contributed by atoms with E-state index < -0.39 is 5.60 Å². The number of rotatable bonds is 1. The lowest BCUT2D eigenvalue weighted by Crippen LogP contribution is -2.66. The fourth-order valence-corrected chi connectivity index (χ4v) is 12.3. The van der Waals surface area contributed by atoms with E-state index in [9.17, 15) is 10.2 Å². The standard InChI is InChI=1S/C30H52O2/c1-25(2)14-9-15-27(5)21(25)13-17-30(8)22(27)10-11-23-28(6)18-20(31)24(26(3,4)32)19(28)12-16-29(23,30)7/h19-24,31-32H,9-18H2,1-8H3/t19-,20-,21-,22+,23+,24+,27-,28-,29+,30+/m0/s1. The van der Waals surface area contributed by atoms with Crippen LogP contribution in [0.3, 0.4) is 0 Å². The summed E-state index contributed by atoms with van der Waals surface area (Å²) in [5.41, 5.74) is 1.10. The van der Waals surface area contributed by atoms with Crippen molar-refractivity contribution in [2.24, 2.45) is 56.7 Å². The molecule has 2 N–H and O–H groups in total. The van der Waals surface area contributed by atoms with Crippen LogP contribution in [0.1, 0.15) is 120 Å². The Kier molecular flexibility index (Phi) is 5.01. The fraction of sp³-hybridized carbons (Fsp3) is 1.00. The third-order valence-electron chi connectivity index (χ3n) is 13.5. The second-order valence-corrected chi connectivity index (χ2v) is 15.6. The van der Waals surface area contributed by atoms with E-state index in [-0.39, 0.29) is 17.4 Å². The molecule has 0 heterocycles. The highest BCUT2D eigenvalue weighted by molar-refractivity contribution is 5.20. The van der Waals surface area contributed by atoms with E-state index in [2.05, 4.69) is 41.5 Å². The highest BCUT2D eigenvalue weighted by atomic mass is 16.3. The first-order valence-electron chi connectivity index (χ1n) is 14.0. The lowest BCUT2D eigenvalue weighted by Gasteiger charge is -2.73. The van der Waals surface area contributed by atoms with Crippen LogP contribution in [0.25, 0.3) is 0 Å². The van der Waals surface area contributed by atoms with Crippen LogP contribution in [0, 0.1) is 56.7 Å². The van der Waals surface area contributed by atoms with Gasteiger partial charge in [0.05, 0.1) is 11.7 Å². The quantitative estimate of drug-likeness (QED) is 0.448. The number of fused-ring (bicyclic) bond motifs is 7. The van der Waals surface area contributed by atoms with Crippen LogP contribution in [0.15, 0.2) is 0 Å². The van der Waals surface area contributed by atoms with E-state index in [1.54, 1.807) is 0 Å². The summed E-state index contributed by atoms with van der Waals surface area (Å²) in [4.78, 5) is 0. The Balaban J connectivity index is 1.53. The van der Waals surface area contributed by atoms with Crippen molar-refractivity contribution < 1.29 is 10.2 Å². The summed E-state index contributed by atoms with van der Waals surface area (Å²) in [7, 11) is 0. The smallest absolute Gasteiger partial charge is 0.0647 e. The molecule has 32 heavy (non-hydrogen) atoms. The van der Waals surface area contributed by atoms with Crippen molar-refractivity contribution in [2.45, 2.75) is 131 Å². The maximum absolute atomic E-state index is 11.2. The lowest BCUT2D eigenvalue weighted by atomic mass is 9.32. The van der Waals surface area contributed by atoms with Gasteiger partial charge in [0.2, 0.25) is 0 Å². The molecule has 5 aliphatic rings. The summed E-state index contributed by atoms with van der Waals surface area (Å²) in [5.74, 6) is 2.87. The normalized spacial score (nSPS) is 57.2. The summed E-state index contributed by atoms with van der Waals surface area (Å²) in [6.07, 6.45) is 12.8. The van der Waals surface area contributed by atoms with E-state index in [0.717, 1.165) is 18.3 Å². The van der Waals surface area contributed by atoms with Crippen molar-refractivity contribution >= 4 is 0 Å². The first-order chi connectivity index (χ1) is 14.6. The monoisotopic (exact) mass is 444 g/mol. The zero-order valence-electron chi connectivity index (χ0n) is 22.4. The molecule has 5 rings (SSSR count). The Hall–Kier alpha value is -0.0800. The van der Waals surface area contributed by atoms with Crippen molar-refractivity contribution in [3.8, 4) is 0 Å². The van der Waals surface area contributed by atoms with Gasteiger partial charge in [-0.05, 0) is 122 Å². The molecule has 0 aromatic heterocycles. The van der Waals surface area contributed by atoms with Crippen LogP contribution in [-0.2, 0) is 0 Å². The highest BCUT2D eigenvalue weighted by Crippen LogP contribution is 2.78.